The lowest BCUT2D eigenvalue weighted by atomic mass is 9.76. The Labute approximate surface area is 98.2 Å². The van der Waals surface area contributed by atoms with Crippen LogP contribution in [0.15, 0.2) is 16.7 Å². The Hall–Kier alpha value is -0.760. The highest BCUT2D eigenvalue weighted by molar-refractivity contribution is 5.18. The summed E-state index contributed by atoms with van der Waals surface area (Å²) < 4.78 is 5.52. The molecule has 1 fully saturated rings. The SMILES string of the molecule is CCC1CCCC(C(N)c2occc2C)C1. The van der Waals surface area contributed by atoms with Gasteiger partial charge < -0.3 is 10.2 Å². The van der Waals surface area contributed by atoms with Gasteiger partial charge in [-0.15, -0.1) is 0 Å². The summed E-state index contributed by atoms with van der Waals surface area (Å²) in [5.74, 6) is 2.49. The first-order valence-electron chi connectivity index (χ1n) is 6.52. The molecule has 90 valence electrons. The zero-order valence-corrected chi connectivity index (χ0v) is 10.4. The number of rotatable bonds is 3. The predicted octanol–water partition coefficient (Wildman–Crippen LogP) is 3.80. The number of aryl methyl sites for hydroxylation is 1. The Kier molecular flexibility index (Phi) is 3.70. The number of nitrogens with two attached hydrogens (primary N) is 1. The van der Waals surface area contributed by atoms with Gasteiger partial charge in [0, 0.05) is 0 Å². The van der Waals surface area contributed by atoms with Gasteiger partial charge in [-0.3, -0.25) is 0 Å². The van der Waals surface area contributed by atoms with Crippen molar-refractivity contribution in [3.8, 4) is 0 Å². The van der Waals surface area contributed by atoms with E-state index >= 15 is 0 Å². The normalized spacial score (nSPS) is 27.9. The largest absolute Gasteiger partial charge is 0.467 e. The molecule has 0 bridgehead atoms. The average Bonchev–Trinajstić information content (AvgIpc) is 2.74. The molecule has 2 heteroatoms. The summed E-state index contributed by atoms with van der Waals surface area (Å²) in [5, 5.41) is 0. The third kappa shape index (κ3) is 2.32. The molecule has 0 aliphatic heterocycles. The monoisotopic (exact) mass is 221 g/mol. The zero-order chi connectivity index (χ0) is 11.5. The van der Waals surface area contributed by atoms with E-state index in [0.29, 0.717) is 5.92 Å². The maximum atomic E-state index is 6.34. The van der Waals surface area contributed by atoms with Crippen LogP contribution < -0.4 is 5.73 Å². The van der Waals surface area contributed by atoms with E-state index in [1.54, 1.807) is 6.26 Å². The van der Waals surface area contributed by atoms with E-state index in [1.807, 2.05) is 6.07 Å². The smallest absolute Gasteiger partial charge is 0.123 e. The van der Waals surface area contributed by atoms with Crippen molar-refractivity contribution in [1.29, 1.82) is 0 Å². The van der Waals surface area contributed by atoms with Gasteiger partial charge in [0.1, 0.15) is 5.76 Å². The van der Waals surface area contributed by atoms with Crippen LogP contribution in [0.4, 0.5) is 0 Å². The van der Waals surface area contributed by atoms with Crippen LogP contribution in [0.3, 0.4) is 0 Å². The topological polar surface area (TPSA) is 39.2 Å². The van der Waals surface area contributed by atoms with Crippen LogP contribution >= 0.6 is 0 Å². The van der Waals surface area contributed by atoms with Gasteiger partial charge in [-0.25, -0.2) is 0 Å². The molecule has 0 saturated heterocycles. The highest BCUT2D eigenvalue weighted by Gasteiger charge is 2.28. The molecule has 16 heavy (non-hydrogen) atoms. The first-order valence-corrected chi connectivity index (χ1v) is 6.52. The molecule has 2 rings (SSSR count). The molecular formula is C14H23NO. The van der Waals surface area contributed by atoms with Crippen molar-refractivity contribution in [2.24, 2.45) is 17.6 Å². The lowest BCUT2D eigenvalue weighted by molar-refractivity contribution is 0.216. The fraction of sp³-hybridized carbons (Fsp3) is 0.714. The van der Waals surface area contributed by atoms with Gasteiger partial charge in [0.25, 0.3) is 0 Å². The van der Waals surface area contributed by atoms with Gasteiger partial charge in [-0.05, 0) is 43.2 Å². The Balaban J connectivity index is 2.04. The molecular weight excluding hydrogens is 198 g/mol. The molecule has 2 nitrogen and oxygen atoms in total. The third-order valence-corrected chi connectivity index (χ3v) is 4.11. The Bertz CT molecular complexity index is 331. The van der Waals surface area contributed by atoms with Crippen molar-refractivity contribution in [3.63, 3.8) is 0 Å². The van der Waals surface area contributed by atoms with E-state index in [9.17, 15) is 0 Å². The molecule has 1 saturated carbocycles. The molecule has 3 unspecified atom stereocenters. The van der Waals surface area contributed by atoms with Crippen LogP contribution in [-0.4, -0.2) is 0 Å². The van der Waals surface area contributed by atoms with Gasteiger partial charge in [0.05, 0.1) is 12.3 Å². The van der Waals surface area contributed by atoms with Crippen molar-refractivity contribution in [2.45, 2.75) is 52.0 Å². The van der Waals surface area contributed by atoms with Gasteiger partial charge in [0.15, 0.2) is 0 Å². The minimum atomic E-state index is 0.101. The Morgan fingerprint density at radius 2 is 2.31 bits per heavy atom. The van der Waals surface area contributed by atoms with Crippen molar-refractivity contribution >= 4 is 0 Å². The summed E-state index contributed by atoms with van der Waals surface area (Å²) in [4.78, 5) is 0. The number of furan rings is 1. The van der Waals surface area contributed by atoms with Crippen molar-refractivity contribution < 1.29 is 4.42 Å². The predicted molar refractivity (Wildman–Crippen MR) is 66.1 cm³/mol. The maximum Gasteiger partial charge on any atom is 0.123 e. The maximum absolute atomic E-state index is 6.34. The molecule has 1 aromatic rings. The molecule has 1 aromatic heterocycles. The fourth-order valence-electron chi connectivity index (χ4n) is 2.97. The molecule has 2 N–H and O–H groups in total. The average molecular weight is 221 g/mol. The minimum absolute atomic E-state index is 0.101. The van der Waals surface area contributed by atoms with E-state index in [2.05, 4.69) is 13.8 Å². The van der Waals surface area contributed by atoms with E-state index in [4.69, 9.17) is 10.2 Å². The lowest BCUT2D eigenvalue weighted by Crippen LogP contribution is -2.27. The van der Waals surface area contributed by atoms with E-state index in [0.717, 1.165) is 11.7 Å². The highest BCUT2D eigenvalue weighted by Crippen LogP contribution is 2.38. The summed E-state index contributed by atoms with van der Waals surface area (Å²) in [5.41, 5.74) is 7.54. The Morgan fingerprint density at radius 3 is 2.94 bits per heavy atom. The molecule has 1 heterocycles. The Morgan fingerprint density at radius 1 is 1.50 bits per heavy atom. The second-order valence-electron chi connectivity index (χ2n) is 5.19. The van der Waals surface area contributed by atoms with Gasteiger partial charge in [-0.2, -0.15) is 0 Å². The lowest BCUT2D eigenvalue weighted by Gasteiger charge is -2.31. The highest BCUT2D eigenvalue weighted by atomic mass is 16.3. The summed E-state index contributed by atoms with van der Waals surface area (Å²) in [7, 11) is 0. The van der Waals surface area contributed by atoms with Crippen molar-refractivity contribution in [2.75, 3.05) is 0 Å². The second kappa shape index (κ2) is 5.05. The first-order chi connectivity index (χ1) is 7.72. The molecule has 1 aliphatic rings. The van der Waals surface area contributed by atoms with Gasteiger partial charge in [0.2, 0.25) is 0 Å². The van der Waals surface area contributed by atoms with Gasteiger partial charge in [-0.1, -0.05) is 26.2 Å². The van der Waals surface area contributed by atoms with E-state index in [-0.39, 0.29) is 6.04 Å². The molecule has 1 aliphatic carbocycles. The quantitative estimate of drug-likeness (QED) is 0.843. The van der Waals surface area contributed by atoms with Crippen LogP contribution in [0.2, 0.25) is 0 Å². The summed E-state index contributed by atoms with van der Waals surface area (Å²) in [6.07, 6.45) is 8.30. The molecule has 0 radical (unpaired) electrons. The molecule has 0 spiro atoms. The van der Waals surface area contributed by atoms with Crippen LogP contribution in [0, 0.1) is 18.8 Å². The van der Waals surface area contributed by atoms with Crippen LogP contribution in [-0.2, 0) is 0 Å². The molecule has 3 atom stereocenters. The fourth-order valence-corrected chi connectivity index (χ4v) is 2.97. The van der Waals surface area contributed by atoms with E-state index in [1.165, 1.54) is 37.7 Å². The van der Waals surface area contributed by atoms with Crippen molar-refractivity contribution in [1.82, 2.24) is 0 Å². The summed E-state index contributed by atoms with van der Waals surface area (Å²) in [6.45, 7) is 4.37. The van der Waals surface area contributed by atoms with Crippen LogP contribution in [0.25, 0.3) is 0 Å². The summed E-state index contributed by atoms with van der Waals surface area (Å²) in [6, 6.07) is 2.11. The standard InChI is InChI=1S/C14H23NO/c1-3-11-5-4-6-12(9-11)13(15)14-10(2)7-8-16-14/h7-8,11-13H,3-6,9,15H2,1-2H3. The van der Waals surface area contributed by atoms with E-state index < -0.39 is 0 Å². The number of hydrogen-bond donors (Lipinski definition) is 1. The number of hydrogen-bond acceptors (Lipinski definition) is 2. The van der Waals surface area contributed by atoms with Gasteiger partial charge >= 0.3 is 0 Å². The third-order valence-electron chi connectivity index (χ3n) is 4.11. The second-order valence-corrected chi connectivity index (χ2v) is 5.19. The first kappa shape index (κ1) is 11.7. The van der Waals surface area contributed by atoms with Crippen molar-refractivity contribution in [3.05, 3.63) is 23.7 Å². The zero-order valence-electron chi connectivity index (χ0n) is 10.4. The molecule has 0 aromatic carbocycles. The van der Waals surface area contributed by atoms with Crippen LogP contribution in [0.1, 0.15) is 56.4 Å². The summed E-state index contributed by atoms with van der Waals surface area (Å²) >= 11 is 0. The minimum Gasteiger partial charge on any atom is -0.467 e. The molecule has 0 amide bonds. The van der Waals surface area contributed by atoms with Crippen LogP contribution in [0.5, 0.6) is 0 Å².